The van der Waals surface area contributed by atoms with Gasteiger partial charge in [-0.15, -0.1) is 0 Å². The summed E-state index contributed by atoms with van der Waals surface area (Å²) in [6.45, 7) is 6.66. The fourth-order valence-corrected chi connectivity index (χ4v) is 3.23. The second kappa shape index (κ2) is 13.1. The molecule has 0 fully saturated rings. The van der Waals surface area contributed by atoms with Crippen LogP contribution in [0.4, 0.5) is 40.6 Å². The number of aliphatic imine (C=N–C) groups is 1. The third-order valence-corrected chi connectivity index (χ3v) is 5.01. The summed E-state index contributed by atoms with van der Waals surface area (Å²) in [5, 5.41) is 5.51. The van der Waals surface area contributed by atoms with Crippen LogP contribution in [0.15, 0.2) is 66.3 Å². The van der Waals surface area contributed by atoms with E-state index in [9.17, 15) is 22.4 Å². The number of nitrogens with zero attached hydrogens (tertiary/aromatic N) is 3. The van der Waals surface area contributed by atoms with E-state index in [4.69, 9.17) is 9.57 Å². The lowest BCUT2D eigenvalue weighted by Crippen LogP contribution is -2.24. The van der Waals surface area contributed by atoms with E-state index in [2.05, 4.69) is 37.7 Å². The highest BCUT2D eigenvalue weighted by Gasteiger charge is 2.19. The van der Waals surface area contributed by atoms with Crippen LogP contribution in [0.2, 0.25) is 0 Å². The Kier molecular flexibility index (Phi) is 9.70. The molecule has 3 N–H and O–H groups in total. The molecule has 9 nitrogen and oxygen atoms in total. The van der Waals surface area contributed by atoms with E-state index in [1.165, 1.54) is 20.1 Å². The molecule has 0 spiro atoms. The highest BCUT2D eigenvalue weighted by atomic mass is 19.1. The number of allylic oxidation sites excluding steroid dienone is 2. The lowest BCUT2D eigenvalue weighted by Gasteiger charge is -2.18. The molecule has 39 heavy (non-hydrogen) atoms. The van der Waals surface area contributed by atoms with Crippen LogP contribution < -0.4 is 20.9 Å². The second-order valence-corrected chi connectivity index (χ2v) is 7.68. The van der Waals surface area contributed by atoms with Gasteiger partial charge in [0.25, 0.3) is 5.91 Å². The Balaban J connectivity index is 2.09. The molecule has 3 rings (SSSR count). The summed E-state index contributed by atoms with van der Waals surface area (Å²) in [5.41, 5.74) is 2.76. The van der Waals surface area contributed by atoms with Gasteiger partial charge in [0.05, 0.1) is 43.1 Å². The summed E-state index contributed by atoms with van der Waals surface area (Å²) in [4.78, 5) is 29.4. The fourth-order valence-electron chi connectivity index (χ4n) is 3.23. The number of halogens is 4. The van der Waals surface area contributed by atoms with Crippen molar-refractivity contribution in [2.24, 2.45) is 4.99 Å². The predicted octanol–water partition coefficient (Wildman–Crippen LogP) is 5.88. The van der Waals surface area contributed by atoms with Gasteiger partial charge in [-0.1, -0.05) is 6.58 Å². The molecule has 0 aliphatic heterocycles. The largest absolute Gasteiger partial charge is 0.494 e. The van der Waals surface area contributed by atoms with Crippen molar-refractivity contribution in [3.63, 3.8) is 0 Å². The number of rotatable bonds is 11. The normalized spacial score (nSPS) is 11.7. The summed E-state index contributed by atoms with van der Waals surface area (Å²) in [5.74, 6) is -4.11. The van der Waals surface area contributed by atoms with Gasteiger partial charge in [-0.3, -0.25) is 14.6 Å². The number of pyridine rings is 2. The van der Waals surface area contributed by atoms with E-state index in [0.29, 0.717) is 6.07 Å². The molecule has 0 saturated carbocycles. The van der Waals surface area contributed by atoms with E-state index >= 15 is 0 Å². The van der Waals surface area contributed by atoms with Gasteiger partial charge in [-0.05, 0) is 26.0 Å². The quantitative estimate of drug-likeness (QED) is 0.120. The average molecular weight is 545 g/mol. The molecule has 3 aromatic rings. The number of amides is 1. The van der Waals surface area contributed by atoms with Crippen molar-refractivity contribution in [1.82, 2.24) is 15.4 Å². The first kappa shape index (κ1) is 28.8. The number of ether oxygens (including phenoxy) is 1. The van der Waals surface area contributed by atoms with Crippen LogP contribution in [-0.4, -0.2) is 35.3 Å². The summed E-state index contributed by atoms with van der Waals surface area (Å²) in [7, 11) is 1.33. The van der Waals surface area contributed by atoms with E-state index < -0.39 is 29.2 Å². The monoisotopic (exact) mass is 544 g/mol. The lowest BCUT2D eigenvalue weighted by molar-refractivity contribution is 0.0365. The summed E-state index contributed by atoms with van der Waals surface area (Å²) >= 11 is 0. The highest BCUT2D eigenvalue weighted by molar-refractivity contribution is 6.04. The van der Waals surface area contributed by atoms with Gasteiger partial charge in [0.1, 0.15) is 23.3 Å². The maximum Gasteiger partial charge on any atom is 0.278 e. The molecule has 2 heterocycles. The maximum absolute atomic E-state index is 14.7. The first-order chi connectivity index (χ1) is 18.7. The Morgan fingerprint density at radius 2 is 1.82 bits per heavy atom. The molecule has 0 atom stereocenters. The minimum atomic E-state index is -0.974. The Hall–Kier alpha value is -4.78. The molecule has 204 valence electrons. The van der Waals surface area contributed by atoms with Gasteiger partial charge in [0, 0.05) is 35.7 Å². The molecule has 0 aliphatic carbocycles. The number of nitrogens with one attached hydrogen (secondary N) is 3. The number of benzene rings is 1. The Morgan fingerprint density at radius 3 is 2.49 bits per heavy atom. The van der Waals surface area contributed by atoms with Gasteiger partial charge in [-0.25, -0.2) is 33.0 Å². The van der Waals surface area contributed by atoms with Gasteiger partial charge < -0.3 is 15.4 Å². The van der Waals surface area contributed by atoms with Crippen molar-refractivity contribution in [1.29, 1.82) is 0 Å². The van der Waals surface area contributed by atoms with Gasteiger partial charge in [0.2, 0.25) is 0 Å². The zero-order valence-corrected chi connectivity index (χ0v) is 21.1. The zero-order chi connectivity index (χ0) is 28.5. The molecular weight excluding hydrogens is 520 g/mol. The lowest BCUT2D eigenvalue weighted by atomic mass is 10.1. The first-order valence-electron chi connectivity index (χ1n) is 11.3. The van der Waals surface area contributed by atoms with Crippen molar-refractivity contribution < 1.29 is 31.9 Å². The summed E-state index contributed by atoms with van der Waals surface area (Å²) in [6.07, 6.45) is 3.85. The van der Waals surface area contributed by atoms with Crippen LogP contribution >= 0.6 is 0 Å². The van der Waals surface area contributed by atoms with Crippen molar-refractivity contribution in [2.45, 2.75) is 13.8 Å². The maximum atomic E-state index is 14.7. The van der Waals surface area contributed by atoms with Crippen molar-refractivity contribution >= 4 is 34.6 Å². The van der Waals surface area contributed by atoms with Crippen LogP contribution in [0, 0.1) is 17.5 Å². The number of carbonyl (C=O) groups excluding carboxylic acids is 1. The molecular formula is C26H24F4N6O3. The number of carbonyl (C=O) groups is 1. The van der Waals surface area contributed by atoms with E-state index in [-0.39, 0.29) is 52.2 Å². The molecule has 13 heteroatoms. The Labute approximate surface area is 221 Å². The van der Waals surface area contributed by atoms with Crippen LogP contribution in [0.5, 0.6) is 5.75 Å². The molecule has 0 bridgehead atoms. The molecule has 0 radical (unpaired) electrons. The number of hydrogen-bond donors (Lipinski definition) is 3. The van der Waals surface area contributed by atoms with E-state index in [0.717, 1.165) is 36.8 Å². The molecule has 1 amide bonds. The Morgan fingerprint density at radius 1 is 1.05 bits per heavy atom. The standard InChI is InChI=1S/C26H24F4N6O3/c1-5-15(27)11-31-14(3)18-7-16(28)9-22(24(18)38-4)34-21-10-23(32-13-19(21)26(37)36-39-6-2)35-25-20(30)8-17(29)12-33-25/h5,7-13H,1,6H2,2-4H3,(H,36,37)(H2,32,33,34,35)/b15-11+,31-14?. The average Bonchev–Trinajstić information content (AvgIpc) is 2.91. The number of hydrogen-bond acceptors (Lipinski definition) is 8. The molecule has 2 aromatic heterocycles. The van der Waals surface area contributed by atoms with Gasteiger partial charge in [-0.2, -0.15) is 0 Å². The molecule has 0 saturated heterocycles. The van der Waals surface area contributed by atoms with E-state index in [1.807, 2.05) is 0 Å². The summed E-state index contributed by atoms with van der Waals surface area (Å²) in [6, 6.07) is 4.21. The smallest absolute Gasteiger partial charge is 0.278 e. The van der Waals surface area contributed by atoms with Gasteiger partial charge >= 0.3 is 0 Å². The second-order valence-electron chi connectivity index (χ2n) is 7.68. The minimum Gasteiger partial charge on any atom is -0.494 e. The third kappa shape index (κ3) is 7.38. The number of hydroxylamine groups is 1. The molecule has 0 aliphatic rings. The molecule has 1 aromatic carbocycles. The van der Waals surface area contributed by atoms with Crippen LogP contribution in [-0.2, 0) is 4.84 Å². The fraction of sp³-hybridized carbons (Fsp3) is 0.154. The van der Waals surface area contributed by atoms with Crippen molar-refractivity contribution in [2.75, 3.05) is 24.4 Å². The number of methoxy groups -OCH3 is 1. The van der Waals surface area contributed by atoms with Crippen LogP contribution in [0.1, 0.15) is 29.8 Å². The highest BCUT2D eigenvalue weighted by Crippen LogP contribution is 2.35. The Bertz CT molecular complexity index is 1450. The van der Waals surface area contributed by atoms with Crippen LogP contribution in [0.25, 0.3) is 0 Å². The van der Waals surface area contributed by atoms with Crippen LogP contribution in [0.3, 0.4) is 0 Å². The number of aromatic nitrogens is 2. The minimum absolute atomic E-state index is 0.0156. The van der Waals surface area contributed by atoms with Crippen molar-refractivity contribution in [3.05, 3.63) is 89.9 Å². The zero-order valence-electron chi connectivity index (χ0n) is 21.1. The topological polar surface area (TPSA) is 110 Å². The van der Waals surface area contributed by atoms with Gasteiger partial charge in [0.15, 0.2) is 17.4 Å². The number of anilines is 4. The third-order valence-electron chi connectivity index (χ3n) is 5.01. The summed E-state index contributed by atoms with van der Waals surface area (Å²) < 4.78 is 61.0. The SMILES string of the molecule is C=C/C(F)=C\N=C(C)c1cc(F)cc(Nc2cc(Nc3ncc(F)cc3F)ncc2C(=O)NOCC)c1OC. The first-order valence-corrected chi connectivity index (χ1v) is 11.3. The molecule has 0 unspecified atom stereocenters. The van der Waals surface area contributed by atoms with Crippen molar-refractivity contribution in [3.8, 4) is 5.75 Å². The predicted molar refractivity (Wildman–Crippen MR) is 139 cm³/mol. The van der Waals surface area contributed by atoms with E-state index in [1.54, 1.807) is 6.92 Å².